The Bertz CT molecular complexity index is 1450. The minimum atomic E-state index is -0.228. The van der Waals surface area contributed by atoms with Crippen molar-refractivity contribution in [2.75, 3.05) is 10.6 Å². The molecule has 4 aromatic heterocycles. The van der Waals surface area contributed by atoms with Crippen LogP contribution in [-0.2, 0) is 14.1 Å². The van der Waals surface area contributed by atoms with Gasteiger partial charge in [-0.2, -0.15) is 10.2 Å². The van der Waals surface area contributed by atoms with Crippen molar-refractivity contribution in [1.29, 1.82) is 0 Å². The summed E-state index contributed by atoms with van der Waals surface area (Å²) in [6.45, 7) is 2.02. The predicted molar refractivity (Wildman–Crippen MR) is 121 cm³/mol. The summed E-state index contributed by atoms with van der Waals surface area (Å²) in [7, 11) is 3.65. The Morgan fingerprint density at radius 2 is 1.78 bits per heavy atom. The van der Waals surface area contributed by atoms with Gasteiger partial charge in [0.25, 0.3) is 5.91 Å². The lowest BCUT2D eigenvalue weighted by atomic mass is 10.1. The van der Waals surface area contributed by atoms with Gasteiger partial charge < -0.3 is 10.6 Å². The first kappa shape index (κ1) is 19.6. The van der Waals surface area contributed by atoms with Gasteiger partial charge in [-0.15, -0.1) is 0 Å². The number of carbonyl (C=O) groups is 1. The number of aromatic nitrogens is 7. The molecule has 1 aromatic carbocycles. The number of amides is 1. The highest BCUT2D eigenvalue weighted by molar-refractivity contribution is 6.05. The van der Waals surface area contributed by atoms with Gasteiger partial charge in [-0.05, 0) is 30.7 Å². The molecule has 0 saturated carbocycles. The first-order chi connectivity index (χ1) is 15.5. The third-order valence-corrected chi connectivity index (χ3v) is 5.28. The molecule has 5 rings (SSSR count). The van der Waals surface area contributed by atoms with Crippen LogP contribution in [0, 0.1) is 0 Å². The van der Waals surface area contributed by atoms with E-state index < -0.39 is 0 Å². The Morgan fingerprint density at radius 1 is 0.969 bits per heavy atom. The second-order valence-corrected chi connectivity index (χ2v) is 7.58. The Morgan fingerprint density at radius 3 is 2.66 bits per heavy atom. The maximum Gasteiger partial charge on any atom is 0.257 e. The van der Waals surface area contributed by atoms with Gasteiger partial charge in [0.1, 0.15) is 11.3 Å². The number of pyridine rings is 1. The van der Waals surface area contributed by atoms with Crippen LogP contribution in [0.5, 0.6) is 0 Å². The molecule has 0 fully saturated rings. The highest BCUT2D eigenvalue weighted by atomic mass is 16.1. The quantitative estimate of drug-likeness (QED) is 0.443. The van der Waals surface area contributed by atoms with E-state index >= 15 is 0 Å². The topological polar surface area (TPSA) is 115 Å². The van der Waals surface area contributed by atoms with E-state index in [2.05, 4.69) is 35.8 Å². The zero-order chi connectivity index (χ0) is 22.2. The predicted octanol–water partition coefficient (Wildman–Crippen LogP) is 3.07. The molecule has 160 valence electrons. The molecule has 10 nitrogen and oxygen atoms in total. The molecular weight excluding hydrogens is 406 g/mol. The van der Waals surface area contributed by atoms with Crippen LogP contribution in [0.2, 0.25) is 0 Å². The number of rotatable bonds is 5. The molecule has 0 aliphatic carbocycles. The number of nitrogens with zero attached hydrogens (tertiary/aromatic N) is 7. The molecule has 0 aliphatic rings. The fraction of sp³-hybridized carbons (Fsp3) is 0.182. The van der Waals surface area contributed by atoms with Gasteiger partial charge in [-0.25, -0.2) is 19.6 Å². The molecule has 0 radical (unpaired) electrons. The van der Waals surface area contributed by atoms with Crippen molar-refractivity contribution in [3.05, 3.63) is 66.2 Å². The van der Waals surface area contributed by atoms with Gasteiger partial charge in [0.05, 0.1) is 30.2 Å². The van der Waals surface area contributed by atoms with Gasteiger partial charge in [0.2, 0.25) is 0 Å². The minimum Gasteiger partial charge on any atom is -0.362 e. The second-order valence-electron chi connectivity index (χ2n) is 7.58. The average molecular weight is 427 g/mol. The molecule has 0 aliphatic heterocycles. The largest absolute Gasteiger partial charge is 0.362 e. The Balaban J connectivity index is 1.32. The van der Waals surface area contributed by atoms with Crippen LogP contribution >= 0.6 is 0 Å². The monoisotopic (exact) mass is 427 g/mol. The number of hydrogen-bond acceptors (Lipinski definition) is 7. The minimum absolute atomic E-state index is 0.0553. The van der Waals surface area contributed by atoms with Crippen molar-refractivity contribution in [2.45, 2.75) is 13.0 Å². The molecule has 2 N–H and O–H groups in total. The van der Waals surface area contributed by atoms with Gasteiger partial charge in [-0.1, -0.05) is 12.1 Å². The molecule has 1 amide bonds. The van der Waals surface area contributed by atoms with Gasteiger partial charge in [-0.3, -0.25) is 9.48 Å². The van der Waals surface area contributed by atoms with Crippen LogP contribution in [0.25, 0.3) is 22.2 Å². The summed E-state index contributed by atoms with van der Waals surface area (Å²) in [6, 6.07) is 9.41. The zero-order valence-corrected chi connectivity index (χ0v) is 17.8. The van der Waals surface area contributed by atoms with Gasteiger partial charge in [0, 0.05) is 31.4 Å². The van der Waals surface area contributed by atoms with E-state index in [0.29, 0.717) is 22.7 Å². The normalized spacial score (nSPS) is 12.2. The standard InChI is InChI=1S/C22H21N9O/c1-13(27-19-12-23-18-11-26-31(3)21(18)29-19)14-5-4-6-17(8-14)28-22(32)16-7-15-10-25-30(2)20(15)24-9-16/h4-13H,1-3H3,(H,27,29)(H,28,32)/t13-/m0/s1. The third-order valence-electron chi connectivity index (χ3n) is 5.28. The number of nitrogens with one attached hydrogen (secondary N) is 2. The maximum atomic E-state index is 12.7. The van der Waals surface area contributed by atoms with Crippen LogP contribution in [0.1, 0.15) is 28.9 Å². The fourth-order valence-corrected chi connectivity index (χ4v) is 3.55. The zero-order valence-electron chi connectivity index (χ0n) is 17.8. The number of benzene rings is 1. The van der Waals surface area contributed by atoms with Gasteiger partial charge in [0.15, 0.2) is 11.3 Å². The van der Waals surface area contributed by atoms with Crippen LogP contribution in [0.15, 0.2) is 55.1 Å². The number of carbonyl (C=O) groups excluding carboxylic acids is 1. The first-order valence-corrected chi connectivity index (χ1v) is 10.1. The van der Waals surface area contributed by atoms with Crippen molar-refractivity contribution in [1.82, 2.24) is 34.5 Å². The van der Waals surface area contributed by atoms with Crippen LogP contribution in [-0.4, -0.2) is 40.4 Å². The molecule has 0 bridgehead atoms. The number of fused-ring (bicyclic) bond motifs is 2. The Hall–Kier alpha value is -4.34. The SMILES string of the molecule is C[C@H](Nc1cnc2cnn(C)c2n1)c1cccc(NC(=O)c2cnc3c(cnn3C)c2)c1. The highest BCUT2D eigenvalue weighted by Crippen LogP contribution is 2.22. The van der Waals surface area contributed by atoms with E-state index in [1.54, 1.807) is 40.2 Å². The summed E-state index contributed by atoms with van der Waals surface area (Å²) in [5.41, 5.74) is 4.35. The van der Waals surface area contributed by atoms with Crippen molar-refractivity contribution >= 4 is 39.6 Å². The molecule has 10 heteroatoms. The van der Waals surface area contributed by atoms with E-state index in [4.69, 9.17) is 0 Å². The van der Waals surface area contributed by atoms with Crippen LogP contribution < -0.4 is 10.6 Å². The number of aryl methyl sites for hydroxylation is 2. The van der Waals surface area contributed by atoms with Crippen LogP contribution in [0.4, 0.5) is 11.5 Å². The smallest absolute Gasteiger partial charge is 0.257 e. The Kier molecular flexibility index (Phi) is 4.74. The van der Waals surface area contributed by atoms with Crippen molar-refractivity contribution in [3.8, 4) is 0 Å². The Labute approximate surface area is 183 Å². The fourth-order valence-electron chi connectivity index (χ4n) is 3.55. The van der Waals surface area contributed by atoms with E-state index in [9.17, 15) is 4.79 Å². The highest BCUT2D eigenvalue weighted by Gasteiger charge is 2.12. The van der Waals surface area contributed by atoms with E-state index in [0.717, 1.165) is 22.1 Å². The van der Waals surface area contributed by atoms with E-state index in [1.165, 1.54) is 0 Å². The number of anilines is 2. The second kappa shape index (κ2) is 7.73. The molecule has 0 saturated heterocycles. The molecule has 0 unspecified atom stereocenters. The summed E-state index contributed by atoms with van der Waals surface area (Å²) in [6.07, 6.45) is 6.62. The summed E-state index contributed by atoms with van der Waals surface area (Å²) >= 11 is 0. The van der Waals surface area contributed by atoms with Crippen LogP contribution in [0.3, 0.4) is 0 Å². The summed E-state index contributed by atoms with van der Waals surface area (Å²) in [5.74, 6) is 0.424. The summed E-state index contributed by atoms with van der Waals surface area (Å²) in [4.78, 5) is 26.0. The lowest BCUT2D eigenvalue weighted by Crippen LogP contribution is -2.13. The molecule has 0 spiro atoms. The van der Waals surface area contributed by atoms with Crippen molar-refractivity contribution < 1.29 is 4.79 Å². The maximum absolute atomic E-state index is 12.7. The number of hydrogen-bond donors (Lipinski definition) is 2. The lowest BCUT2D eigenvalue weighted by molar-refractivity contribution is 0.102. The molecule has 1 atom stereocenters. The summed E-state index contributed by atoms with van der Waals surface area (Å²) < 4.78 is 3.36. The third kappa shape index (κ3) is 3.62. The van der Waals surface area contributed by atoms with Crippen molar-refractivity contribution in [2.24, 2.45) is 14.1 Å². The molecular formula is C22H21N9O. The summed E-state index contributed by atoms with van der Waals surface area (Å²) in [5, 5.41) is 15.5. The first-order valence-electron chi connectivity index (χ1n) is 10.1. The van der Waals surface area contributed by atoms with E-state index in [1.807, 2.05) is 45.3 Å². The molecule has 32 heavy (non-hydrogen) atoms. The van der Waals surface area contributed by atoms with E-state index in [-0.39, 0.29) is 11.9 Å². The van der Waals surface area contributed by atoms with Crippen molar-refractivity contribution in [3.63, 3.8) is 0 Å². The lowest BCUT2D eigenvalue weighted by Gasteiger charge is -2.16. The molecule has 5 aromatic rings. The molecule has 4 heterocycles. The average Bonchev–Trinajstić information content (AvgIpc) is 3.36. The van der Waals surface area contributed by atoms with Gasteiger partial charge >= 0.3 is 0 Å².